The van der Waals surface area contributed by atoms with Gasteiger partial charge < -0.3 is 19.5 Å². The molecule has 37 heavy (non-hydrogen) atoms. The van der Waals surface area contributed by atoms with Crippen molar-refractivity contribution in [2.75, 3.05) is 37.8 Å². The number of carboxylic acid groups (broad SMARTS) is 1. The summed E-state index contributed by atoms with van der Waals surface area (Å²) in [5.41, 5.74) is 10.4. The van der Waals surface area contributed by atoms with Crippen molar-refractivity contribution in [3.63, 3.8) is 0 Å². The lowest BCUT2D eigenvalue weighted by Gasteiger charge is -2.28. The van der Waals surface area contributed by atoms with Crippen LogP contribution in [0.3, 0.4) is 0 Å². The van der Waals surface area contributed by atoms with Crippen molar-refractivity contribution >= 4 is 11.9 Å². The molecule has 3 aromatic rings. The van der Waals surface area contributed by atoms with E-state index in [1.54, 1.807) is 0 Å². The molecule has 1 N–H and O–H groups in total. The summed E-state index contributed by atoms with van der Waals surface area (Å²) >= 11 is 0. The fraction of sp³-hybridized carbons (Fsp3) is 0.433. The van der Waals surface area contributed by atoms with E-state index in [2.05, 4.69) is 56.9 Å². The van der Waals surface area contributed by atoms with Gasteiger partial charge in [-0.25, -0.2) is 9.97 Å². The summed E-state index contributed by atoms with van der Waals surface area (Å²) in [5, 5.41) is 9.15. The molecule has 1 fully saturated rings. The van der Waals surface area contributed by atoms with Gasteiger partial charge in [-0.3, -0.25) is 4.79 Å². The molecule has 0 radical (unpaired) electrons. The van der Waals surface area contributed by atoms with Crippen LogP contribution in [0.15, 0.2) is 30.3 Å². The van der Waals surface area contributed by atoms with Gasteiger partial charge in [0.1, 0.15) is 5.75 Å². The van der Waals surface area contributed by atoms with Crippen LogP contribution in [0, 0.1) is 27.7 Å². The van der Waals surface area contributed by atoms with Crippen LogP contribution >= 0.6 is 0 Å². The van der Waals surface area contributed by atoms with Gasteiger partial charge in [0.15, 0.2) is 0 Å². The van der Waals surface area contributed by atoms with E-state index < -0.39 is 5.97 Å². The van der Waals surface area contributed by atoms with Gasteiger partial charge in [0.05, 0.1) is 37.6 Å². The van der Waals surface area contributed by atoms with Crippen molar-refractivity contribution < 1.29 is 19.4 Å². The van der Waals surface area contributed by atoms with Crippen molar-refractivity contribution in [1.82, 2.24) is 9.97 Å². The number of fused-ring (bicyclic) bond motifs is 1. The van der Waals surface area contributed by atoms with E-state index in [1.807, 2.05) is 6.07 Å². The lowest BCUT2D eigenvalue weighted by Crippen LogP contribution is -2.37. The molecule has 0 spiro atoms. The Bertz CT molecular complexity index is 1310. The van der Waals surface area contributed by atoms with Crippen molar-refractivity contribution in [1.29, 1.82) is 0 Å². The number of hydrogen-bond donors (Lipinski definition) is 1. The van der Waals surface area contributed by atoms with Crippen molar-refractivity contribution in [2.24, 2.45) is 0 Å². The Kier molecular flexibility index (Phi) is 7.15. The van der Waals surface area contributed by atoms with Gasteiger partial charge in [-0.1, -0.05) is 24.3 Å². The summed E-state index contributed by atoms with van der Waals surface area (Å²) in [6.45, 7) is 12.0. The average Bonchev–Trinajstić information content (AvgIpc) is 3.26. The highest BCUT2D eigenvalue weighted by Crippen LogP contribution is 2.37. The molecule has 7 heteroatoms. The molecule has 1 atom stereocenters. The van der Waals surface area contributed by atoms with E-state index in [1.165, 1.54) is 27.8 Å². The largest absolute Gasteiger partial charge is 0.493 e. The molecule has 0 unspecified atom stereocenters. The number of carboxylic acids is 1. The van der Waals surface area contributed by atoms with Crippen LogP contribution in [0.25, 0.3) is 11.1 Å². The molecule has 5 rings (SSSR count). The number of aromatic nitrogens is 2. The lowest BCUT2D eigenvalue weighted by molar-refractivity contribution is -0.137. The summed E-state index contributed by atoms with van der Waals surface area (Å²) in [6, 6.07) is 10.7. The molecule has 2 aromatic carbocycles. The van der Waals surface area contributed by atoms with Crippen LogP contribution < -0.4 is 9.64 Å². The van der Waals surface area contributed by atoms with Gasteiger partial charge in [0, 0.05) is 30.1 Å². The van der Waals surface area contributed by atoms with Gasteiger partial charge in [-0.15, -0.1) is 0 Å². The topological polar surface area (TPSA) is 84.8 Å². The first-order chi connectivity index (χ1) is 17.8. The molecular formula is C30H35N3O4. The van der Waals surface area contributed by atoms with Crippen LogP contribution in [0.2, 0.25) is 0 Å². The second-order valence-electron chi connectivity index (χ2n) is 10.2. The van der Waals surface area contributed by atoms with E-state index in [0.717, 1.165) is 60.1 Å². The molecule has 0 aliphatic carbocycles. The zero-order valence-corrected chi connectivity index (χ0v) is 22.1. The minimum absolute atomic E-state index is 0.0632. The number of aliphatic carboxylic acids is 1. The van der Waals surface area contributed by atoms with Gasteiger partial charge in [0.2, 0.25) is 5.95 Å². The maximum absolute atomic E-state index is 11.1. The summed E-state index contributed by atoms with van der Waals surface area (Å²) in [6.07, 6.45) is 1.89. The molecule has 7 nitrogen and oxygen atoms in total. The number of anilines is 1. The number of benzene rings is 2. The Morgan fingerprint density at radius 1 is 1.00 bits per heavy atom. The van der Waals surface area contributed by atoms with Crippen LogP contribution in [0.1, 0.15) is 51.5 Å². The smallest absolute Gasteiger partial charge is 0.304 e. The fourth-order valence-corrected chi connectivity index (χ4v) is 5.65. The molecule has 2 aliphatic heterocycles. The van der Waals surface area contributed by atoms with Gasteiger partial charge in [-0.2, -0.15) is 0 Å². The zero-order valence-electron chi connectivity index (χ0n) is 22.1. The summed E-state index contributed by atoms with van der Waals surface area (Å²) in [5.74, 6) is 0.765. The molecule has 0 saturated carbocycles. The van der Waals surface area contributed by atoms with Crippen molar-refractivity contribution in [2.45, 2.75) is 52.9 Å². The Morgan fingerprint density at radius 2 is 1.73 bits per heavy atom. The quantitative estimate of drug-likeness (QED) is 0.490. The number of carbonyl (C=O) groups is 1. The van der Waals surface area contributed by atoms with Crippen molar-refractivity contribution in [3.8, 4) is 16.9 Å². The van der Waals surface area contributed by atoms with E-state index in [4.69, 9.17) is 24.5 Å². The Balaban J connectivity index is 1.38. The zero-order chi connectivity index (χ0) is 26.1. The van der Waals surface area contributed by atoms with Crippen LogP contribution in [0.4, 0.5) is 5.95 Å². The Hall–Kier alpha value is -3.45. The molecule has 2 aliphatic rings. The van der Waals surface area contributed by atoms with Gasteiger partial charge in [0.25, 0.3) is 0 Å². The SMILES string of the molecule is Cc1ccc(CCc2ccc3c(c2)OC[C@H]3CC(=O)O)c(C)c1-c1c(C)nc(N2CCOCC2)nc1C. The number of rotatable bonds is 7. The van der Waals surface area contributed by atoms with E-state index in [-0.39, 0.29) is 12.3 Å². The highest BCUT2D eigenvalue weighted by molar-refractivity contribution is 5.76. The molecule has 3 heterocycles. The number of morpholine rings is 1. The number of ether oxygens (including phenoxy) is 2. The summed E-state index contributed by atoms with van der Waals surface area (Å²) in [7, 11) is 0. The minimum Gasteiger partial charge on any atom is -0.493 e. The maximum atomic E-state index is 11.1. The molecular weight excluding hydrogens is 466 g/mol. The second-order valence-corrected chi connectivity index (χ2v) is 10.2. The maximum Gasteiger partial charge on any atom is 0.304 e. The standard InChI is InChI=1S/C30H35N3O4/c1-18-5-8-23(9-6-22-7-10-25-24(16-27(34)35)17-37-26(25)15-22)19(2)28(18)29-20(3)31-30(32-21(29)4)33-11-13-36-14-12-33/h5,7-8,10,15,24H,6,9,11-14,16-17H2,1-4H3,(H,34,35)/t24-/m1/s1. The van der Waals surface area contributed by atoms with Gasteiger partial charge in [-0.05, 0) is 74.4 Å². The fourth-order valence-electron chi connectivity index (χ4n) is 5.65. The van der Waals surface area contributed by atoms with Crippen LogP contribution in [0.5, 0.6) is 5.75 Å². The summed E-state index contributed by atoms with van der Waals surface area (Å²) in [4.78, 5) is 23.2. The van der Waals surface area contributed by atoms with Crippen LogP contribution in [-0.4, -0.2) is 54.0 Å². The van der Waals surface area contributed by atoms with E-state index in [0.29, 0.717) is 19.8 Å². The highest BCUT2D eigenvalue weighted by atomic mass is 16.5. The normalized spacial score (nSPS) is 17.0. The first-order valence-corrected chi connectivity index (χ1v) is 13.1. The number of hydrogen-bond acceptors (Lipinski definition) is 6. The average molecular weight is 502 g/mol. The second kappa shape index (κ2) is 10.5. The molecule has 0 bridgehead atoms. The Labute approximate surface area is 218 Å². The minimum atomic E-state index is -0.789. The first kappa shape index (κ1) is 25.2. The number of aryl methyl sites for hydroxylation is 5. The first-order valence-electron chi connectivity index (χ1n) is 13.1. The third-order valence-corrected chi connectivity index (χ3v) is 7.65. The molecule has 1 saturated heterocycles. The third kappa shape index (κ3) is 5.18. The number of nitrogens with zero attached hydrogens (tertiary/aromatic N) is 3. The van der Waals surface area contributed by atoms with Gasteiger partial charge >= 0.3 is 5.97 Å². The monoisotopic (exact) mass is 501 g/mol. The lowest BCUT2D eigenvalue weighted by atomic mass is 9.88. The molecule has 0 amide bonds. The van der Waals surface area contributed by atoms with Crippen molar-refractivity contribution in [3.05, 3.63) is 69.5 Å². The predicted octanol–water partition coefficient (Wildman–Crippen LogP) is 4.95. The Morgan fingerprint density at radius 3 is 2.43 bits per heavy atom. The van der Waals surface area contributed by atoms with E-state index >= 15 is 0 Å². The van der Waals surface area contributed by atoms with Crippen LogP contribution in [-0.2, 0) is 22.4 Å². The summed E-state index contributed by atoms with van der Waals surface area (Å²) < 4.78 is 11.3. The predicted molar refractivity (Wildman–Crippen MR) is 144 cm³/mol. The molecule has 194 valence electrons. The molecule has 1 aromatic heterocycles. The van der Waals surface area contributed by atoms with E-state index in [9.17, 15) is 4.79 Å². The highest BCUT2D eigenvalue weighted by Gasteiger charge is 2.26. The third-order valence-electron chi connectivity index (χ3n) is 7.65.